The van der Waals surface area contributed by atoms with Crippen molar-refractivity contribution in [2.45, 2.75) is 36.1 Å². The van der Waals surface area contributed by atoms with E-state index in [2.05, 4.69) is 40.2 Å². The average molecular weight is 297 g/mol. The van der Waals surface area contributed by atoms with Gasteiger partial charge in [0.05, 0.1) is 12.4 Å². The van der Waals surface area contributed by atoms with Crippen LogP contribution in [0.2, 0.25) is 0 Å². The van der Waals surface area contributed by atoms with Crippen LogP contribution in [0.15, 0.2) is 47.8 Å². The third-order valence-corrected chi connectivity index (χ3v) is 5.50. The number of fused-ring (bicyclic) bond motifs is 2. The van der Waals surface area contributed by atoms with Crippen molar-refractivity contribution in [3.8, 4) is 0 Å². The predicted octanol–water partition coefficient (Wildman–Crippen LogP) is 3.76. The monoisotopic (exact) mass is 297 g/mol. The Hall–Kier alpha value is -1.55. The summed E-state index contributed by atoms with van der Waals surface area (Å²) in [4.78, 5) is 11.7. The summed E-state index contributed by atoms with van der Waals surface area (Å²) in [6.45, 7) is 1.17. The van der Waals surface area contributed by atoms with E-state index in [1.54, 1.807) is 11.8 Å². The molecule has 4 heteroatoms. The van der Waals surface area contributed by atoms with E-state index in [4.69, 9.17) is 4.98 Å². The molecule has 21 heavy (non-hydrogen) atoms. The lowest BCUT2D eigenvalue weighted by molar-refractivity contribution is 0.549. The zero-order chi connectivity index (χ0) is 14.1. The lowest BCUT2D eigenvalue weighted by atomic mass is 10.1. The molecule has 2 unspecified atom stereocenters. The molecule has 1 aromatic heterocycles. The Morgan fingerprint density at radius 2 is 2.05 bits per heavy atom. The van der Waals surface area contributed by atoms with Crippen LogP contribution in [-0.4, -0.2) is 22.6 Å². The van der Waals surface area contributed by atoms with Gasteiger partial charge in [-0.25, -0.2) is 4.98 Å². The van der Waals surface area contributed by atoms with E-state index >= 15 is 0 Å². The van der Waals surface area contributed by atoms with Crippen LogP contribution in [0.1, 0.15) is 24.8 Å². The van der Waals surface area contributed by atoms with Crippen molar-refractivity contribution >= 4 is 17.6 Å². The molecule has 1 saturated carbocycles. The molecule has 3 nitrogen and oxygen atoms in total. The molecule has 1 saturated heterocycles. The maximum Gasteiger partial charge on any atom is 0.148 e. The Kier molecular flexibility index (Phi) is 3.55. The molecule has 2 atom stereocenters. The van der Waals surface area contributed by atoms with Crippen LogP contribution >= 0.6 is 11.8 Å². The standard InChI is InChI=1S/C17H19N3S/c1-2-4-13(5-3-1)12-21-17-10-18-9-16(19-17)20-11-14-6-7-15(20)8-14/h1-5,9-10,14-15H,6-8,11-12H2. The summed E-state index contributed by atoms with van der Waals surface area (Å²) in [5.74, 6) is 2.91. The number of rotatable bonds is 4. The second kappa shape index (κ2) is 5.68. The Labute approximate surface area is 129 Å². The van der Waals surface area contributed by atoms with Crippen molar-refractivity contribution in [1.29, 1.82) is 0 Å². The van der Waals surface area contributed by atoms with Crippen LogP contribution in [0.25, 0.3) is 0 Å². The first-order chi connectivity index (χ1) is 10.4. The molecule has 2 aliphatic rings. The summed E-state index contributed by atoms with van der Waals surface area (Å²) < 4.78 is 0. The van der Waals surface area contributed by atoms with Gasteiger partial charge in [-0.3, -0.25) is 4.98 Å². The number of thioether (sulfide) groups is 1. The van der Waals surface area contributed by atoms with Crippen LogP contribution in [0, 0.1) is 5.92 Å². The van der Waals surface area contributed by atoms with Crippen molar-refractivity contribution in [2.75, 3.05) is 11.4 Å². The summed E-state index contributed by atoms with van der Waals surface area (Å²) in [7, 11) is 0. The van der Waals surface area contributed by atoms with E-state index in [1.165, 1.54) is 31.4 Å². The lowest BCUT2D eigenvalue weighted by Gasteiger charge is -2.27. The Morgan fingerprint density at radius 3 is 2.81 bits per heavy atom. The summed E-state index contributed by atoms with van der Waals surface area (Å²) in [5, 5.41) is 1.03. The molecule has 0 N–H and O–H groups in total. The minimum absolute atomic E-state index is 0.707. The molecule has 2 bridgehead atoms. The molecule has 108 valence electrons. The summed E-state index contributed by atoms with van der Waals surface area (Å²) in [6, 6.07) is 11.2. The summed E-state index contributed by atoms with van der Waals surface area (Å²) >= 11 is 1.77. The van der Waals surface area contributed by atoms with Gasteiger partial charge in [0, 0.05) is 18.3 Å². The number of hydrogen-bond donors (Lipinski definition) is 0. The molecule has 0 radical (unpaired) electrons. The molecule has 2 fully saturated rings. The largest absolute Gasteiger partial charge is 0.352 e. The fraction of sp³-hybridized carbons (Fsp3) is 0.412. The van der Waals surface area contributed by atoms with Crippen molar-refractivity contribution < 1.29 is 0 Å². The highest BCUT2D eigenvalue weighted by Gasteiger charge is 2.38. The van der Waals surface area contributed by atoms with Crippen LogP contribution in [-0.2, 0) is 5.75 Å². The van der Waals surface area contributed by atoms with Gasteiger partial charge in [-0.1, -0.05) is 30.3 Å². The second-order valence-corrected chi connectivity index (χ2v) is 6.97. The molecule has 0 amide bonds. The quantitative estimate of drug-likeness (QED) is 0.804. The van der Waals surface area contributed by atoms with E-state index in [0.717, 1.165) is 22.5 Å². The normalized spacial score (nSPS) is 23.7. The maximum atomic E-state index is 4.81. The first kappa shape index (κ1) is 13.1. The molecule has 1 aliphatic carbocycles. The maximum absolute atomic E-state index is 4.81. The van der Waals surface area contributed by atoms with Gasteiger partial charge in [0.1, 0.15) is 10.8 Å². The number of benzene rings is 1. The molecule has 2 heterocycles. The number of aromatic nitrogens is 2. The minimum Gasteiger partial charge on any atom is -0.352 e. The average Bonchev–Trinajstić information content (AvgIpc) is 3.17. The van der Waals surface area contributed by atoms with Gasteiger partial charge in [0.2, 0.25) is 0 Å². The molecular weight excluding hydrogens is 278 g/mol. The van der Waals surface area contributed by atoms with Gasteiger partial charge in [-0.2, -0.15) is 0 Å². The van der Waals surface area contributed by atoms with E-state index in [0.29, 0.717) is 6.04 Å². The van der Waals surface area contributed by atoms with Crippen molar-refractivity contribution in [2.24, 2.45) is 5.92 Å². The second-order valence-electron chi connectivity index (χ2n) is 5.98. The number of piperidine rings is 1. The van der Waals surface area contributed by atoms with Gasteiger partial charge < -0.3 is 4.90 Å². The third kappa shape index (κ3) is 2.77. The Balaban J connectivity index is 1.46. The highest BCUT2D eigenvalue weighted by Crippen LogP contribution is 2.39. The molecule has 1 aliphatic heterocycles. The van der Waals surface area contributed by atoms with Crippen LogP contribution in [0.5, 0.6) is 0 Å². The van der Waals surface area contributed by atoms with Crippen LogP contribution in [0.3, 0.4) is 0 Å². The van der Waals surface area contributed by atoms with Gasteiger partial charge in [-0.05, 0) is 30.7 Å². The van der Waals surface area contributed by atoms with Gasteiger partial charge in [-0.15, -0.1) is 11.8 Å². The molecule has 4 rings (SSSR count). The van der Waals surface area contributed by atoms with E-state index < -0.39 is 0 Å². The Morgan fingerprint density at radius 1 is 1.14 bits per heavy atom. The fourth-order valence-corrected chi connectivity index (χ4v) is 4.28. The van der Waals surface area contributed by atoms with E-state index in [1.807, 2.05) is 12.4 Å². The highest BCUT2D eigenvalue weighted by molar-refractivity contribution is 7.98. The van der Waals surface area contributed by atoms with Gasteiger partial charge in [0.15, 0.2) is 0 Å². The SMILES string of the molecule is c1ccc(CSc2cncc(N3CC4CCC3C4)n2)cc1. The van der Waals surface area contributed by atoms with Crippen molar-refractivity contribution in [1.82, 2.24) is 9.97 Å². The zero-order valence-corrected chi connectivity index (χ0v) is 12.8. The molecular formula is C17H19N3S. The predicted molar refractivity (Wildman–Crippen MR) is 86.5 cm³/mol. The lowest BCUT2D eigenvalue weighted by Crippen LogP contribution is -2.32. The van der Waals surface area contributed by atoms with Crippen LogP contribution in [0.4, 0.5) is 5.82 Å². The summed E-state index contributed by atoms with van der Waals surface area (Å²) in [5.41, 5.74) is 1.33. The zero-order valence-electron chi connectivity index (χ0n) is 12.0. The van der Waals surface area contributed by atoms with Gasteiger partial charge in [0.25, 0.3) is 0 Å². The van der Waals surface area contributed by atoms with Crippen molar-refractivity contribution in [3.63, 3.8) is 0 Å². The van der Waals surface area contributed by atoms with E-state index in [-0.39, 0.29) is 0 Å². The van der Waals surface area contributed by atoms with Crippen LogP contribution < -0.4 is 4.90 Å². The van der Waals surface area contributed by atoms with E-state index in [9.17, 15) is 0 Å². The van der Waals surface area contributed by atoms with Gasteiger partial charge >= 0.3 is 0 Å². The number of anilines is 1. The molecule has 2 aromatic rings. The third-order valence-electron chi connectivity index (χ3n) is 4.53. The topological polar surface area (TPSA) is 29.0 Å². The number of nitrogens with zero attached hydrogens (tertiary/aromatic N) is 3. The van der Waals surface area contributed by atoms with Crippen molar-refractivity contribution in [3.05, 3.63) is 48.3 Å². The summed E-state index contributed by atoms with van der Waals surface area (Å²) in [6.07, 6.45) is 7.88. The first-order valence-electron chi connectivity index (χ1n) is 7.64. The smallest absolute Gasteiger partial charge is 0.148 e. The Bertz CT molecular complexity index is 616. The number of hydrogen-bond acceptors (Lipinski definition) is 4. The molecule has 0 spiro atoms. The highest BCUT2D eigenvalue weighted by atomic mass is 32.2. The first-order valence-corrected chi connectivity index (χ1v) is 8.62. The minimum atomic E-state index is 0.707. The molecule has 1 aromatic carbocycles. The fourth-order valence-electron chi connectivity index (χ4n) is 3.48.